The molecule has 4 nitrogen and oxygen atoms in total. The van der Waals surface area contributed by atoms with E-state index in [0.717, 1.165) is 32.0 Å². The zero-order valence-electron chi connectivity index (χ0n) is 10.6. The van der Waals surface area contributed by atoms with Crippen molar-refractivity contribution < 1.29 is 18.7 Å². The number of piperidine rings is 1. The number of carboxylic acid groups (broad SMARTS) is 1. The number of likely N-dealkylation sites (tertiary alicyclic amines) is 1. The van der Waals surface area contributed by atoms with Gasteiger partial charge in [0.1, 0.15) is 0 Å². The molecule has 0 atom stereocenters. The van der Waals surface area contributed by atoms with Crippen molar-refractivity contribution in [3.05, 3.63) is 29.3 Å². The maximum Gasteiger partial charge on any atom is 0.338 e. The predicted molar refractivity (Wildman–Crippen MR) is 67.5 cm³/mol. The van der Waals surface area contributed by atoms with Gasteiger partial charge < -0.3 is 15.3 Å². The van der Waals surface area contributed by atoms with Gasteiger partial charge in [0.15, 0.2) is 11.6 Å². The van der Waals surface area contributed by atoms with Crippen LogP contribution in [0.4, 0.5) is 14.5 Å². The third kappa shape index (κ3) is 3.01. The molecule has 1 saturated heterocycles. The molecule has 1 heterocycles. The first-order chi connectivity index (χ1) is 8.99. The second-order valence-corrected chi connectivity index (χ2v) is 4.82. The van der Waals surface area contributed by atoms with E-state index < -0.39 is 23.2 Å². The van der Waals surface area contributed by atoms with E-state index in [1.165, 1.54) is 6.07 Å². The molecule has 0 unspecified atom stereocenters. The number of nitrogens with zero attached hydrogens (tertiary/aromatic N) is 1. The van der Waals surface area contributed by atoms with E-state index in [2.05, 4.69) is 10.2 Å². The molecule has 1 aromatic rings. The third-order valence-corrected chi connectivity index (χ3v) is 3.39. The Morgan fingerprint density at radius 2 is 1.95 bits per heavy atom. The maximum atomic E-state index is 13.7. The van der Waals surface area contributed by atoms with Crippen molar-refractivity contribution in [2.45, 2.75) is 18.9 Å². The molecule has 19 heavy (non-hydrogen) atoms. The van der Waals surface area contributed by atoms with E-state index in [-0.39, 0.29) is 11.7 Å². The second-order valence-electron chi connectivity index (χ2n) is 4.82. The van der Waals surface area contributed by atoms with Crippen LogP contribution in [0.15, 0.2) is 12.1 Å². The van der Waals surface area contributed by atoms with E-state index in [9.17, 15) is 13.6 Å². The Bertz CT molecular complexity index is 486. The number of carboxylic acids is 1. The van der Waals surface area contributed by atoms with Gasteiger partial charge in [0, 0.05) is 6.04 Å². The Morgan fingerprint density at radius 1 is 1.32 bits per heavy atom. The Kier molecular flexibility index (Phi) is 3.99. The van der Waals surface area contributed by atoms with E-state index in [1.54, 1.807) is 0 Å². The van der Waals surface area contributed by atoms with Gasteiger partial charge in [-0.1, -0.05) is 0 Å². The molecular weight excluding hydrogens is 254 g/mol. The highest BCUT2D eigenvalue weighted by Crippen LogP contribution is 2.23. The standard InChI is InChI=1S/C13H16F2N2O2/c1-17-6-4-8(5-7-17)16-10-3-2-9(13(18)19)11(14)12(10)15/h2-3,8,16H,4-7H2,1H3,(H,18,19). The molecule has 0 aliphatic carbocycles. The minimum atomic E-state index is -1.47. The van der Waals surface area contributed by atoms with Gasteiger partial charge in [-0.05, 0) is 45.1 Å². The van der Waals surface area contributed by atoms with Gasteiger partial charge in [0.25, 0.3) is 0 Å². The van der Waals surface area contributed by atoms with Crippen LogP contribution in [0.2, 0.25) is 0 Å². The van der Waals surface area contributed by atoms with Crippen LogP contribution >= 0.6 is 0 Å². The normalized spacial score (nSPS) is 17.4. The van der Waals surface area contributed by atoms with Gasteiger partial charge in [-0.25, -0.2) is 13.6 Å². The highest BCUT2D eigenvalue weighted by molar-refractivity contribution is 5.88. The zero-order valence-corrected chi connectivity index (χ0v) is 10.6. The summed E-state index contributed by atoms with van der Waals surface area (Å²) in [5, 5.41) is 11.6. The van der Waals surface area contributed by atoms with Gasteiger partial charge in [-0.3, -0.25) is 0 Å². The summed E-state index contributed by atoms with van der Waals surface area (Å²) in [6, 6.07) is 2.44. The molecule has 104 valence electrons. The molecule has 0 radical (unpaired) electrons. The van der Waals surface area contributed by atoms with Crippen molar-refractivity contribution in [2.24, 2.45) is 0 Å². The Balaban J connectivity index is 2.13. The number of benzene rings is 1. The maximum absolute atomic E-state index is 13.7. The lowest BCUT2D eigenvalue weighted by Crippen LogP contribution is -2.36. The molecule has 1 fully saturated rings. The number of nitrogens with one attached hydrogen (secondary N) is 1. The predicted octanol–water partition coefficient (Wildman–Crippen LogP) is 2.17. The summed E-state index contributed by atoms with van der Waals surface area (Å²) in [4.78, 5) is 12.8. The van der Waals surface area contributed by atoms with Crippen molar-refractivity contribution in [2.75, 3.05) is 25.5 Å². The van der Waals surface area contributed by atoms with Crippen LogP contribution in [0.3, 0.4) is 0 Å². The first-order valence-corrected chi connectivity index (χ1v) is 6.15. The van der Waals surface area contributed by atoms with Crippen LogP contribution < -0.4 is 5.32 Å². The minimum absolute atomic E-state index is 0.0250. The van der Waals surface area contributed by atoms with Gasteiger partial charge >= 0.3 is 5.97 Å². The van der Waals surface area contributed by atoms with Crippen molar-refractivity contribution in [1.82, 2.24) is 4.90 Å². The molecule has 1 aliphatic rings. The summed E-state index contributed by atoms with van der Waals surface area (Å²) >= 11 is 0. The molecular formula is C13H16F2N2O2. The summed E-state index contributed by atoms with van der Waals surface area (Å²) in [6.45, 7) is 1.80. The fourth-order valence-corrected chi connectivity index (χ4v) is 2.20. The smallest absolute Gasteiger partial charge is 0.338 e. The lowest BCUT2D eigenvalue weighted by atomic mass is 10.0. The number of aromatic carboxylic acids is 1. The Morgan fingerprint density at radius 3 is 2.53 bits per heavy atom. The molecule has 2 rings (SSSR count). The van der Waals surface area contributed by atoms with E-state index in [1.807, 2.05) is 7.05 Å². The number of halogens is 2. The zero-order chi connectivity index (χ0) is 14.0. The van der Waals surface area contributed by atoms with Crippen molar-refractivity contribution >= 4 is 11.7 Å². The number of anilines is 1. The lowest BCUT2D eigenvalue weighted by Gasteiger charge is -2.30. The molecule has 0 spiro atoms. The van der Waals surface area contributed by atoms with Crippen LogP contribution in [-0.4, -0.2) is 42.2 Å². The summed E-state index contributed by atoms with van der Waals surface area (Å²) < 4.78 is 27.3. The molecule has 2 N–H and O–H groups in total. The highest BCUT2D eigenvalue weighted by Gasteiger charge is 2.21. The number of carbonyl (C=O) groups is 1. The van der Waals surface area contributed by atoms with Gasteiger partial charge in [0.05, 0.1) is 11.3 Å². The Labute approximate surface area is 110 Å². The topological polar surface area (TPSA) is 52.6 Å². The summed E-state index contributed by atoms with van der Waals surface area (Å²) in [6.07, 6.45) is 1.69. The highest BCUT2D eigenvalue weighted by atomic mass is 19.2. The minimum Gasteiger partial charge on any atom is -0.478 e. The van der Waals surface area contributed by atoms with Crippen LogP contribution in [0.5, 0.6) is 0 Å². The molecule has 6 heteroatoms. The third-order valence-electron chi connectivity index (χ3n) is 3.39. The molecule has 0 amide bonds. The molecule has 0 saturated carbocycles. The van der Waals surface area contributed by atoms with Gasteiger partial charge in [-0.15, -0.1) is 0 Å². The van der Waals surface area contributed by atoms with Crippen LogP contribution in [0.25, 0.3) is 0 Å². The largest absolute Gasteiger partial charge is 0.478 e. The Hall–Kier alpha value is -1.69. The first kappa shape index (κ1) is 13.7. The number of hydrogen-bond acceptors (Lipinski definition) is 3. The second kappa shape index (κ2) is 5.52. The van der Waals surface area contributed by atoms with Gasteiger partial charge in [-0.2, -0.15) is 0 Å². The molecule has 1 aliphatic heterocycles. The average Bonchev–Trinajstić information content (AvgIpc) is 2.37. The SMILES string of the molecule is CN1CCC(Nc2ccc(C(=O)O)c(F)c2F)CC1. The lowest BCUT2D eigenvalue weighted by molar-refractivity contribution is 0.0690. The van der Waals surface area contributed by atoms with E-state index >= 15 is 0 Å². The fourth-order valence-electron chi connectivity index (χ4n) is 2.20. The quantitative estimate of drug-likeness (QED) is 0.884. The number of rotatable bonds is 3. The summed E-state index contributed by atoms with van der Waals surface area (Å²) in [7, 11) is 2.01. The van der Waals surface area contributed by atoms with Crippen molar-refractivity contribution in [1.29, 1.82) is 0 Å². The van der Waals surface area contributed by atoms with Crippen LogP contribution in [0.1, 0.15) is 23.2 Å². The fraction of sp³-hybridized carbons (Fsp3) is 0.462. The van der Waals surface area contributed by atoms with Crippen LogP contribution in [-0.2, 0) is 0 Å². The molecule has 1 aromatic carbocycles. The number of hydrogen-bond donors (Lipinski definition) is 2. The van der Waals surface area contributed by atoms with Crippen molar-refractivity contribution in [3.8, 4) is 0 Å². The summed E-state index contributed by atoms with van der Waals surface area (Å²) in [5.74, 6) is -3.91. The molecule has 0 bridgehead atoms. The average molecular weight is 270 g/mol. The summed E-state index contributed by atoms with van der Waals surface area (Å²) in [5.41, 5.74) is -0.622. The van der Waals surface area contributed by atoms with E-state index in [4.69, 9.17) is 5.11 Å². The first-order valence-electron chi connectivity index (χ1n) is 6.15. The van der Waals surface area contributed by atoms with Crippen molar-refractivity contribution in [3.63, 3.8) is 0 Å². The molecule has 0 aromatic heterocycles. The monoisotopic (exact) mass is 270 g/mol. The van der Waals surface area contributed by atoms with Gasteiger partial charge in [0.2, 0.25) is 0 Å². The van der Waals surface area contributed by atoms with Crippen LogP contribution in [0, 0.1) is 11.6 Å². The van der Waals surface area contributed by atoms with E-state index in [0.29, 0.717) is 0 Å².